The summed E-state index contributed by atoms with van der Waals surface area (Å²) in [4.78, 5) is 23.0. The summed E-state index contributed by atoms with van der Waals surface area (Å²) in [6.45, 7) is 1.99. The van der Waals surface area contributed by atoms with Gasteiger partial charge in [-0.15, -0.1) is 0 Å². The molecule has 0 radical (unpaired) electrons. The van der Waals surface area contributed by atoms with Crippen LogP contribution in [-0.2, 0) is 14.3 Å². The first-order valence-electron chi connectivity index (χ1n) is 5.12. The Morgan fingerprint density at radius 1 is 1.50 bits per heavy atom. The van der Waals surface area contributed by atoms with Gasteiger partial charge >= 0.3 is 5.97 Å². The minimum Gasteiger partial charge on any atom is -0.465 e. The third-order valence-corrected chi connectivity index (χ3v) is 2.84. The Labute approximate surface area is 93.7 Å². The Balaban J connectivity index is 2.43. The average molecular weight is 219 g/mol. The quantitative estimate of drug-likeness (QED) is 0.661. The standard InChI is InChI=1S/C12H13NO3/c1-7-4-3-5-8-9(12(15)16-2)6-10(14)13-11(7)8/h3-7,11H,1-2H3,(H,13,14). The van der Waals surface area contributed by atoms with Gasteiger partial charge in [0.25, 0.3) is 0 Å². The molecular formula is C12H13NO3. The van der Waals surface area contributed by atoms with Crippen LogP contribution in [0.2, 0.25) is 0 Å². The number of ether oxygens (including phenoxy) is 1. The fourth-order valence-electron chi connectivity index (χ4n) is 2.00. The molecule has 4 heteroatoms. The molecule has 4 nitrogen and oxygen atoms in total. The zero-order valence-corrected chi connectivity index (χ0v) is 9.19. The molecule has 1 heterocycles. The van der Waals surface area contributed by atoms with Crippen molar-refractivity contribution >= 4 is 11.9 Å². The first-order valence-corrected chi connectivity index (χ1v) is 5.12. The Bertz CT molecular complexity index is 432. The molecule has 0 saturated carbocycles. The summed E-state index contributed by atoms with van der Waals surface area (Å²) in [7, 11) is 1.31. The van der Waals surface area contributed by atoms with E-state index in [-0.39, 0.29) is 17.9 Å². The van der Waals surface area contributed by atoms with Gasteiger partial charge in [0.2, 0.25) is 5.91 Å². The minimum absolute atomic E-state index is 0.128. The second-order valence-electron chi connectivity index (χ2n) is 3.90. The van der Waals surface area contributed by atoms with E-state index in [1.165, 1.54) is 13.2 Å². The third kappa shape index (κ3) is 1.66. The highest BCUT2D eigenvalue weighted by atomic mass is 16.5. The zero-order valence-electron chi connectivity index (χ0n) is 9.19. The van der Waals surface area contributed by atoms with Gasteiger partial charge in [-0.2, -0.15) is 0 Å². The predicted molar refractivity (Wildman–Crippen MR) is 58.4 cm³/mol. The molecule has 1 aliphatic carbocycles. The van der Waals surface area contributed by atoms with Crippen LogP contribution in [0.15, 0.2) is 35.5 Å². The number of carbonyl (C=O) groups is 2. The van der Waals surface area contributed by atoms with E-state index in [4.69, 9.17) is 0 Å². The highest BCUT2D eigenvalue weighted by Crippen LogP contribution is 2.28. The van der Waals surface area contributed by atoms with E-state index < -0.39 is 5.97 Å². The van der Waals surface area contributed by atoms with E-state index in [0.717, 1.165) is 5.57 Å². The summed E-state index contributed by atoms with van der Waals surface area (Å²) >= 11 is 0. The van der Waals surface area contributed by atoms with Gasteiger partial charge in [0.05, 0.1) is 18.7 Å². The Morgan fingerprint density at radius 2 is 2.25 bits per heavy atom. The lowest BCUT2D eigenvalue weighted by molar-refractivity contribution is -0.136. The molecule has 0 aromatic rings. The summed E-state index contributed by atoms with van der Waals surface area (Å²) in [6, 6.07) is -0.128. The van der Waals surface area contributed by atoms with Crippen molar-refractivity contribution in [2.75, 3.05) is 7.11 Å². The lowest BCUT2D eigenvalue weighted by Gasteiger charge is -2.31. The first-order chi connectivity index (χ1) is 7.63. The molecule has 0 spiro atoms. The third-order valence-electron chi connectivity index (χ3n) is 2.84. The number of carbonyl (C=O) groups excluding carboxylic acids is 2. The number of hydrogen-bond donors (Lipinski definition) is 1. The van der Waals surface area contributed by atoms with Crippen molar-refractivity contribution in [2.24, 2.45) is 5.92 Å². The van der Waals surface area contributed by atoms with Crippen molar-refractivity contribution in [2.45, 2.75) is 13.0 Å². The van der Waals surface area contributed by atoms with E-state index in [2.05, 4.69) is 10.1 Å². The number of methoxy groups -OCH3 is 1. The topological polar surface area (TPSA) is 55.4 Å². The number of fused-ring (bicyclic) bond motifs is 1. The molecule has 2 aliphatic rings. The van der Waals surface area contributed by atoms with E-state index >= 15 is 0 Å². The van der Waals surface area contributed by atoms with Gasteiger partial charge < -0.3 is 10.1 Å². The van der Waals surface area contributed by atoms with Crippen molar-refractivity contribution in [3.8, 4) is 0 Å². The van der Waals surface area contributed by atoms with Gasteiger partial charge in [-0.05, 0) is 11.5 Å². The van der Waals surface area contributed by atoms with Gasteiger partial charge in [-0.25, -0.2) is 4.79 Å². The highest BCUT2D eigenvalue weighted by Gasteiger charge is 2.32. The largest absolute Gasteiger partial charge is 0.465 e. The molecule has 0 aromatic heterocycles. The van der Waals surface area contributed by atoms with Crippen LogP contribution >= 0.6 is 0 Å². The van der Waals surface area contributed by atoms with Crippen molar-refractivity contribution in [1.82, 2.24) is 5.32 Å². The maximum absolute atomic E-state index is 11.5. The molecule has 0 saturated heterocycles. The second-order valence-corrected chi connectivity index (χ2v) is 3.90. The van der Waals surface area contributed by atoms with Crippen LogP contribution in [-0.4, -0.2) is 25.0 Å². The van der Waals surface area contributed by atoms with Crippen LogP contribution < -0.4 is 5.32 Å². The lowest BCUT2D eigenvalue weighted by atomic mass is 9.83. The summed E-state index contributed by atoms with van der Waals surface area (Å²) in [5.41, 5.74) is 1.17. The predicted octanol–water partition coefficient (Wildman–Crippen LogP) is 0.716. The summed E-state index contributed by atoms with van der Waals surface area (Å²) in [6.07, 6.45) is 7.02. The zero-order chi connectivity index (χ0) is 11.7. The van der Waals surface area contributed by atoms with Gasteiger partial charge in [0.15, 0.2) is 0 Å². The molecule has 1 aliphatic heterocycles. The van der Waals surface area contributed by atoms with Crippen molar-refractivity contribution in [3.63, 3.8) is 0 Å². The molecule has 84 valence electrons. The lowest BCUT2D eigenvalue weighted by Crippen LogP contribution is -2.45. The second kappa shape index (κ2) is 3.96. The average Bonchev–Trinajstić information content (AvgIpc) is 2.28. The summed E-state index contributed by atoms with van der Waals surface area (Å²) in [5.74, 6) is -0.532. The molecule has 0 bridgehead atoms. The van der Waals surface area contributed by atoms with Crippen LogP contribution in [0.5, 0.6) is 0 Å². The van der Waals surface area contributed by atoms with Gasteiger partial charge in [-0.3, -0.25) is 4.79 Å². The van der Waals surface area contributed by atoms with Crippen LogP contribution in [0.1, 0.15) is 6.92 Å². The van der Waals surface area contributed by atoms with Crippen molar-refractivity contribution in [1.29, 1.82) is 0 Å². The monoisotopic (exact) mass is 219 g/mol. The summed E-state index contributed by atoms with van der Waals surface area (Å²) < 4.78 is 4.67. The molecule has 2 rings (SSSR count). The van der Waals surface area contributed by atoms with E-state index in [1.54, 1.807) is 0 Å². The van der Waals surface area contributed by atoms with Crippen LogP contribution in [0.25, 0.3) is 0 Å². The van der Waals surface area contributed by atoms with Crippen LogP contribution in [0.4, 0.5) is 0 Å². The van der Waals surface area contributed by atoms with Gasteiger partial charge in [0, 0.05) is 6.08 Å². The Kier molecular flexibility index (Phi) is 2.64. The molecular weight excluding hydrogens is 206 g/mol. The SMILES string of the molecule is COC(=O)C1=CC(=O)NC2C1=CC=CC2C. The number of esters is 1. The molecule has 2 unspecified atom stereocenters. The molecule has 1 N–H and O–H groups in total. The molecule has 0 aromatic carbocycles. The molecule has 0 fully saturated rings. The normalized spacial score (nSPS) is 27.5. The number of hydrogen-bond acceptors (Lipinski definition) is 3. The smallest absolute Gasteiger partial charge is 0.338 e. The minimum atomic E-state index is -0.464. The molecule has 16 heavy (non-hydrogen) atoms. The Hall–Kier alpha value is -1.84. The molecule has 1 amide bonds. The van der Waals surface area contributed by atoms with E-state index in [0.29, 0.717) is 5.57 Å². The van der Waals surface area contributed by atoms with E-state index in [9.17, 15) is 9.59 Å². The number of rotatable bonds is 1. The maximum Gasteiger partial charge on any atom is 0.338 e. The van der Waals surface area contributed by atoms with Gasteiger partial charge in [-0.1, -0.05) is 25.2 Å². The maximum atomic E-state index is 11.5. The van der Waals surface area contributed by atoms with Crippen molar-refractivity contribution in [3.05, 3.63) is 35.5 Å². The Morgan fingerprint density at radius 3 is 2.94 bits per heavy atom. The molecule has 2 atom stereocenters. The number of nitrogens with one attached hydrogen (secondary N) is 1. The van der Waals surface area contributed by atoms with E-state index in [1.807, 2.05) is 25.2 Å². The van der Waals surface area contributed by atoms with Gasteiger partial charge in [0.1, 0.15) is 0 Å². The fraction of sp³-hybridized carbons (Fsp3) is 0.333. The number of allylic oxidation sites excluding steroid dienone is 2. The summed E-state index contributed by atoms with van der Waals surface area (Å²) in [5, 5.41) is 2.83. The number of amides is 1. The van der Waals surface area contributed by atoms with Crippen molar-refractivity contribution < 1.29 is 14.3 Å². The highest BCUT2D eigenvalue weighted by molar-refractivity contribution is 6.04. The van der Waals surface area contributed by atoms with Crippen LogP contribution in [0, 0.1) is 5.92 Å². The fourth-order valence-corrected chi connectivity index (χ4v) is 2.00. The first kappa shape index (κ1) is 10.7. The van der Waals surface area contributed by atoms with Crippen LogP contribution in [0.3, 0.4) is 0 Å².